The summed E-state index contributed by atoms with van der Waals surface area (Å²) in [6, 6.07) is 1.12. The number of fused-ring (bicyclic) bond motifs is 1. The molecule has 2 fully saturated rings. The lowest BCUT2D eigenvalue weighted by atomic mass is 9.90. The Bertz CT molecular complexity index is 414. The summed E-state index contributed by atoms with van der Waals surface area (Å²) in [4.78, 5) is 7.01. The molecule has 1 aromatic rings. The summed E-state index contributed by atoms with van der Waals surface area (Å²) >= 11 is 0. The molecular formula is C15H26N4. The van der Waals surface area contributed by atoms with Crippen molar-refractivity contribution in [3.8, 4) is 0 Å². The molecule has 19 heavy (non-hydrogen) atoms. The fourth-order valence-corrected chi connectivity index (χ4v) is 4.18. The Morgan fingerprint density at radius 2 is 2.21 bits per heavy atom. The summed E-state index contributed by atoms with van der Waals surface area (Å²) in [5.41, 5.74) is 7.42. The first-order valence-corrected chi connectivity index (χ1v) is 7.81. The highest BCUT2D eigenvalue weighted by atomic mass is 15.2. The fourth-order valence-electron chi connectivity index (χ4n) is 4.18. The van der Waals surface area contributed by atoms with Gasteiger partial charge in [-0.2, -0.15) is 0 Å². The lowest BCUT2D eigenvalue weighted by Crippen LogP contribution is -2.47. The van der Waals surface area contributed by atoms with Crippen molar-refractivity contribution in [2.24, 2.45) is 11.7 Å². The summed E-state index contributed by atoms with van der Waals surface area (Å²) in [6.07, 6.45) is 10.9. The minimum atomic E-state index is 0.355. The SMILES string of the molecule is CCn1cncc1C(CN)N1CCCC2CCCC21. The van der Waals surface area contributed by atoms with E-state index in [0.29, 0.717) is 12.6 Å². The van der Waals surface area contributed by atoms with E-state index in [2.05, 4.69) is 21.4 Å². The Hall–Kier alpha value is -0.870. The van der Waals surface area contributed by atoms with E-state index >= 15 is 0 Å². The number of aromatic nitrogens is 2. The van der Waals surface area contributed by atoms with Crippen LogP contribution in [-0.2, 0) is 6.54 Å². The number of aryl methyl sites for hydroxylation is 1. The standard InChI is InChI=1S/C15H26N4/c1-2-18-11-17-10-15(18)14(9-16)19-8-4-6-12-5-3-7-13(12)19/h10-14H,2-9,16H2,1H3. The molecule has 2 aliphatic rings. The molecule has 4 heteroatoms. The topological polar surface area (TPSA) is 47.1 Å². The number of hydrogen-bond donors (Lipinski definition) is 1. The lowest BCUT2D eigenvalue weighted by Gasteiger charge is -2.42. The van der Waals surface area contributed by atoms with Gasteiger partial charge in [-0.05, 0) is 45.1 Å². The van der Waals surface area contributed by atoms with E-state index in [-0.39, 0.29) is 0 Å². The molecule has 106 valence electrons. The summed E-state index contributed by atoms with van der Waals surface area (Å²) in [5.74, 6) is 0.917. The third-order valence-corrected chi connectivity index (χ3v) is 5.09. The molecule has 3 rings (SSSR count). The zero-order chi connectivity index (χ0) is 13.2. The van der Waals surface area contributed by atoms with Crippen LogP contribution in [0.25, 0.3) is 0 Å². The number of piperidine rings is 1. The third kappa shape index (κ3) is 2.32. The summed E-state index contributed by atoms with van der Waals surface area (Å²) in [5, 5.41) is 0. The Morgan fingerprint density at radius 3 is 3.00 bits per heavy atom. The molecule has 2 heterocycles. The van der Waals surface area contributed by atoms with E-state index in [9.17, 15) is 0 Å². The molecule has 0 amide bonds. The van der Waals surface area contributed by atoms with Crippen LogP contribution in [0, 0.1) is 5.92 Å². The molecule has 4 nitrogen and oxygen atoms in total. The van der Waals surface area contributed by atoms with Gasteiger partial charge in [-0.15, -0.1) is 0 Å². The van der Waals surface area contributed by atoms with E-state index in [1.54, 1.807) is 0 Å². The van der Waals surface area contributed by atoms with Gasteiger partial charge < -0.3 is 10.3 Å². The quantitative estimate of drug-likeness (QED) is 0.904. The average Bonchev–Trinajstić information content (AvgIpc) is 3.08. The van der Waals surface area contributed by atoms with Crippen molar-refractivity contribution in [2.75, 3.05) is 13.1 Å². The number of likely N-dealkylation sites (tertiary alicyclic amines) is 1. The second-order valence-electron chi connectivity index (χ2n) is 5.99. The van der Waals surface area contributed by atoms with Crippen molar-refractivity contribution in [1.82, 2.24) is 14.5 Å². The number of nitrogens with two attached hydrogens (primary N) is 1. The molecule has 1 saturated heterocycles. The van der Waals surface area contributed by atoms with Crippen molar-refractivity contribution >= 4 is 0 Å². The smallest absolute Gasteiger partial charge is 0.0948 e. The monoisotopic (exact) mass is 262 g/mol. The number of rotatable bonds is 4. The van der Waals surface area contributed by atoms with E-state index < -0.39 is 0 Å². The molecule has 1 saturated carbocycles. The van der Waals surface area contributed by atoms with Crippen LogP contribution < -0.4 is 5.73 Å². The highest BCUT2D eigenvalue weighted by molar-refractivity contribution is 5.09. The number of hydrogen-bond acceptors (Lipinski definition) is 3. The van der Waals surface area contributed by atoms with Crippen LogP contribution in [0.3, 0.4) is 0 Å². The fraction of sp³-hybridized carbons (Fsp3) is 0.800. The summed E-state index contributed by atoms with van der Waals surface area (Å²) in [6.45, 7) is 5.06. The van der Waals surface area contributed by atoms with E-state index in [0.717, 1.165) is 18.5 Å². The molecule has 0 aromatic carbocycles. The van der Waals surface area contributed by atoms with Crippen molar-refractivity contribution in [3.05, 3.63) is 18.2 Å². The maximum atomic E-state index is 6.12. The van der Waals surface area contributed by atoms with Crippen LogP contribution >= 0.6 is 0 Å². The van der Waals surface area contributed by atoms with Gasteiger partial charge in [0.25, 0.3) is 0 Å². The highest BCUT2D eigenvalue weighted by Gasteiger charge is 2.38. The van der Waals surface area contributed by atoms with E-state index in [4.69, 9.17) is 5.73 Å². The Balaban J connectivity index is 1.85. The maximum absolute atomic E-state index is 6.12. The third-order valence-electron chi connectivity index (χ3n) is 5.09. The van der Waals surface area contributed by atoms with Crippen LogP contribution in [0.1, 0.15) is 50.8 Å². The molecule has 3 atom stereocenters. The molecule has 1 aliphatic carbocycles. The van der Waals surface area contributed by atoms with Crippen LogP contribution in [0.15, 0.2) is 12.5 Å². The summed E-state index contributed by atoms with van der Waals surface area (Å²) in [7, 11) is 0. The van der Waals surface area contributed by atoms with Gasteiger partial charge in [0.15, 0.2) is 0 Å². The van der Waals surface area contributed by atoms with Gasteiger partial charge >= 0.3 is 0 Å². The minimum Gasteiger partial charge on any atom is -0.333 e. The molecule has 3 unspecified atom stereocenters. The van der Waals surface area contributed by atoms with Gasteiger partial charge in [-0.3, -0.25) is 4.90 Å². The van der Waals surface area contributed by atoms with Gasteiger partial charge in [0.1, 0.15) is 0 Å². The van der Waals surface area contributed by atoms with Gasteiger partial charge in [0.05, 0.1) is 18.1 Å². The molecule has 0 bridgehead atoms. The highest BCUT2D eigenvalue weighted by Crippen LogP contribution is 2.40. The first kappa shape index (κ1) is 13.1. The first-order chi connectivity index (χ1) is 9.35. The van der Waals surface area contributed by atoms with Gasteiger partial charge in [0.2, 0.25) is 0 Å². The van der Waals surface area contributed by atoms with E-state index in [1.807, 2.05) is 12.5 Å². The molecule has 0 spiro atoms. The van der Waals surface area contributed by atoms with Gasteiger partial charge in [0, 0.05) is 25.3 Å². The Morgan fingerprint density at radius 1 is 1.37 bits per heavy atom. The molecule has 2 N–H and O–H groups in total. The van der Waals surface area contributed by atoms with Gasteiger partial charge in [-0.25, -0.2) is 4.98 Å². The van der Waals surface area contributed by atoms with Crippen LogP contribution in [0.2, 0.25) is 0 Å². The number of nitrogens with zero attached hydrogens (tertiary/aromatic N) is 3. The Labute approximate surface area is 116 Å². The molecule has 0 radical (unpaired) electrons. The minimum absolute atomic E-state index is 0.355. The molecule has 1 aliphatic heterocycles. The van der Waals surface area contributed by atoms with E-state index in [1.165, 1.54) is 44.3 Å². The van der Waals surface area contributed by atoms with Crippen molar-refractivity contribution < 1.29 is 0 Å². The second-order valence-corrected chi connectivity index (χ2v) is 5.99. The molecular weight excluding hydrogens is 236 g/mol. The predicted molar refractivity (Wildman–Crippen MR) is 76.8 cm³/mol. The zero-order valence-corrected chi connectivity index (χ0v) is 12.0. The largest absolute Gasteiger partial charge is 0.333 e. The normalized spacial score (nSPS) is 29.4. The lowest BCUT2D eigenvalue weighted by molar-refractivity contribution is 0.0668. The van der Waals surface area contributed by atoms with Crippen molar-refractivity contribution in [2.45, 2.75) is 57.7 Å². The predicted octanol–water partition coefficient (Wildman–Crippen LogP) is 2.17. The second kappa shape index (κ2) is 5.63. The average molecular weight is 262 g/mol. The summed E-state index contributed by atoms with van der Waals surface area (Å²) < 4.78 is 2.25. The van der Waals surface area contributed by atoms with Crippen LogP contribution in [0.5, 0.6) is 0 Å². The molecule has 1 aromatic heterocycles. The first-order valence-electron chi connectivity index (χ1n) is 7.81. The Kier molecular flexibility index (Phi) is 3.89. The van der Waals surface area contributed by atoms with Crippen molar-refractivity contribution in [1.29, 1.82) is 0 Å². The van der Waals surface area contributed by atoms with Crippen LogP contribution in [0.4, 0.5) is 0 Å². The maximum Gasteiger partial charge on any atom is 0.0948 e. The zero-order valence-electron chi connectivity index (χ0n) is 12.0. The van der Waals surface area contributed by atoms with Gasteiger partial charge in [-0.1, -0.05) is 6.42 Å². The van der Waals surface area contributed by atoms with Crippen molar-refractivity contribution in [3.63, 3.8) is 0 Å². The van der Waals surface area contributed by atoms with Crippen LogP contribution in [-0.4, -0.2) is 33.6 Å². The number of imidazole rings is 1.